The van der Waals surface area contributed by atoms with Crippen LogP contribution in [0.5, 0.6) is 0 Å². The first kappa shape index (κ1) is 25.3. The van der Waals surface area contributed by atoms with Crippen LogP contribution in [0.15, 0.2) is 35.3 Å². The molecule has 1 amide bonds. The highest BCUT2D eigenvalue weighted by atomic mass is 127. The minimum absolute atomic E-state index is 0. The Balaban J connectivity index is 0.00000289. The molecule has 3 atom stereocenters. The van der Waals surface area contributed by atoms with E-state index in [1.54, 1.807) is 0 Å². The molecule has 2 aliphatic carbocycles. The molecule has 6 nitrogen and oxygen atoms in total. The van der Waals surface area contributed by atoms with Crippen LogP contribution in [0.4, 0.5) is 0 Å². The minimum Gasteiger partial charge on any atom is -0.378 e. The van der Waals surface area contributed by atoms with Crippen LogP contribution in [0.3, 0.4) is 0 Å². The number of hydrogen-bond donors (Lipinski definition) is 2. The van der Waals surface area contributed by atoms with Crippen LogP contribution >= 0.6 is 24.0 Å². The number of guanidine groups is 1. The molecule has 2 saturated carbocycles. The zero-order valence-corrected chi connectivity index (χ0v) is 21.8. The van der Waals surface area contributed by atoms with Crippen molar-refractivity contribution >= 4 is 35.8 Å². The first-order valence-corrected chi connectivity index (χ1v) is 12.1. The number of carbonyl (C=O) groups excluding carboxylic acids is 1. The van der Waals surface area contributed by atoms with E-state index >= 15 is 0 Å². The lowest BCUT2D eigenvalue weighted by molar-refractivity contribution is -0.168. The van der Waals surface area contributed by atoms with Crippen molar-refractivity contribution in [1.82, 2.24) is 15.5 Å². The van der Waals surface area contributed by atoms with E-state index in [0.717, 1.165) is 45.0 Å². The highest BCUT2D eigenvalue weighted by Crippen LogP contribution is 2.57. The molecule has 7 heteroatoms. The molecule has 1 aromatic carbocycles. The van der Waals surface area contributed by atoms with Crippen molar-refractivity contribution in [2.24, 2.45) is 16.3 Å². The SMILES string of the molecule is CCNC(=NCC1CC(=O)N(CCc2ccccc2)C1)NC1CC(OCC)C12CCC2.I. The monoisotopic (exact) mass is 554 g/mol. The largest absolute Gasteiger partial charge is 0.378 e. The third-order valence-corrected chi connectivity index (χ3v) is 7.41. The van der Waals surface area contributed by atoms with Gasteiger partial charge in [0.15, 0.2) is 5.96 Å². The van der Waals surface area contributed by atoms with Crippen molar-refractivity contribution in [3.63, 3.8) is 0 Å². The summed E-state index contributed by atoms with van der Waals surface area (Å²) in [5, 5.41) is 7.10. The summed E-state index contributed by atoms with van der Waals surface area (Å²) >= 11 is 0. The summed E-state index contributed by atoms with van der Waals surface area (Å²) in [4.78, 5) is 19.4. The van der Waals surface area contributed by atoms with E-state index in [1.165, 1.54) is 24.8 Å². The molecular formula is C25H39IN4O2. The van der Waals surface area contributed by atoms with Crippen LogP contribution < -0.4 is 10.6 Å². The number of carbonyl (C=O) groups is 1. The summed E-state index contributed by atoms with van der Waals surface area (Å²) in [6, 6.07) is 10.8. The first-order valence-electron chi connectivity index (χ1n) is 12.1. The van der Waals surface area contributed by atoms with Crippen LogP contribution in [0.25, 0.3) is 0 Å². The molecule has 1 heterocycles. The van der Waals surface area contributed by atoms with Gasteiger partial charge in [0.25, 0.3) is 0 Å². The van der Waals surface area contributed by atoms with Gasteiger partial charge in [-0.1, -0.05) is 36.8 Å². The van der Waals surface area contributed by atoms with Gasteiger partial charge >= 0.3 is 0 Å². The molecule has 3 unspecified atom stereocenters. The maximum absolute atomic E-state index is 12.5. The molecule has 1 spiro atoms. The fourth-order valence-electron chi connectivity index (χ4n) is 5.45. The average molecular weight is 555 g/mol. The molecule has 0 bridgehead atoms. The summed E-state index contributed by atoms with van der Waals surface area (Å²) in [5.41, 5.74) is 1.59. The summed E-state index contributed by atoms with van der Waals surface area (Å²) in [6.45, 7) is 8.13. The van der Waals surface area contributed by atoms with E-state index in [4.69, 9.17) is 9.73 Å². The Morgan fingerprint density at radius 3 is 2.69 bits per heavy atom. The second kappa shape index (κ2) is 11.7. The highest BCUT2D eigenvalue weighted by Gasteiger charge is 2.59. The van der Waals surface area contributed by atoms with E-state index < -0.39 is 0 Å². The van der Waals surface area contributed by atoms with Crippen molar-refractivity contribution in [1.29, 1.82) is 0 Å². The second-order valence-electron chi connectivity index (χ2n) is 9.33. The molecule has 2 N–H and O–H groups in total. The lowest BCUT2D eigenvalue weighted by Gasteiger charge is -2.61. The Labute approximate surface area is 210 Å². The molecule has 0 radical (unpaired) electrons. The van der Waals surface area contributed by atoms with E-state index in [0.29, 0.717) is 36.4 Å². The predicted octanol–water partition coefficient (Wildman–Crippen LogP) is 3.60. The number of aliphatic imine (C=N–C) groups is 1. The molecule has 1 aromatic rings. The number of halogens is 1. The molecule has 0 aromatic heterocycles. The van der Waals surface area contributed by atoms with Gasteiger partial charge in [-0.2, -0.15) is 0 Å². The Bertz CT molecular complexity index is 768. The van der Waals surface area contributed by atoms with Gasteiger partial charge in [-0.25, -0.2) is 0 Å². The molecule has 3 fully saturated rings. The molecule has 178 valence electrons. The Kier molecular flexibility index (Phi) is 9.22. The summed E-state index contributed by atoms with van der Waals surface area (Å²) in [7, 11) is 0. The quantitative estimate of drug-likeness (QED) is 0.278. The van der Waals surface area contributed by atoms with Crippen LogP contribution in [-0.2, 0) is 16.0 Å². The zero-order valence-electron chi connectivity index (χ0n) is 19.5. The first-order chi connectivity index (χ1) is 15.1. The number of nitrogens with one attached hydrogen (secondary N) is 2. The van der Waals surface area contributed by atoms with E-state index in [2.05, 4.69) is 48.7 Å². The number of ether oxygens (including phenoxy) is 1. The zero-order chi connectivity index (χ0) is 21.7. The third kappa shape index (κ3) is 5.58. The average Bonchev–Trinajstić information content (AvgIpc) is 3.08. The van der Waals surface area contributed by atoms with Gasteiger partial charge in [0.05, 0.1) is 6.10 Å². The fourth-order valence-corrected chi connectivity index (χ4v) is 5.45. The highest BCUT2D eigenvalue weighted by molar-refractivity contribution is 14.0. The Morgan fingerprint density at radius 2 is 2.03 bits per heavy atom. The van der Waals surface area contributed by atoms with Gasteiger partial charge in [-0.05, 0) is 45.1 Å². The van der Waals surface area contributed by atoms with Gasteiger partial charge in [0.1, 0.15) is 0 Å². The molecule has 1 aliphatic heterocycles. The molecule has 1 saturated heterocycles. The maximum atomic E-state index is 12.5. The summed E-state index contributed by atoms with van der Waals surface area (Å²) in [5.74, 6) is 1.46. The predicted molar refractivity (Wildman–Crippen MR) is 139 cm³/mol. The number of likely N-dealkylation sites (tertiary alicyclic amines) is 1. The topological polar surface area (TPSA) is 66.0 Å². The van der Waals surface area contributed by atoms with Gasteiger partial charge in [-0.15, -0.1) is 24.0 Å². The van der Waals surface area contributed by atoms with Crippen LogP contribution in [0.2, 0.25) is 0 Å². The van der Waals surface area contributed by atoms with Crippen LogP contribution in [-0.4, -0.2) is 61.7 Å². The van der Waals surface area contributed by atoms with Crippen molar-refractivity contribution in [2.75, 3.05) is 32.8 Å². The standard InChI is InChI=1S/C25H38N4O2.HI/c1-3-26-24(28-21-16-22(31-4-2)25(21)12-8-13-25)27-17-20-15-23(30)29(18-20)14-11-19-9-6-5-7-10-19;/h5-7,9-10,20-22H,3-4,8,11-18H2,1-2H3,(H2,26,27,28);1H. The van der Waals surface area contributed by atoms with Gasteiger partial charge < -0.3 is 20.3 Å². The molecule has 4 rings (SSSR count). The van der Waals surface area contributed by atoms with Crippen molar-refractivity contribution in [2.45, 2.75) is 64.5 Å². The van der Waals surface area contributed by atoms with Crippen LogP contribution in [0.1, 0.15) is 51.5 Å². The summed E-state index contributed by atoms with van der Waals surface area (Å²) in [6.07, 6.45) is 6.79. The number of nitrogens with zero attached hydrogens (tertiary/aromatic N) is 2. The smallest absolute Gasteiger partial charge is 0.223 e. The van der Waals surface area contributed by atoms with E-state index in [9.17, 15) is 4.79 Å². The van der Waals surface area contributed by atoms with Gasteiger partial charge in [0.2, 0.25) is 5.91 Å². The summed E-state index contributed by atoms with van der Waals surface area (Å²) < 4.78 is 5.98. The Hall–Kier alpha value is -1.35. The minimum atomic E-state index is 0. The maximum Gasteiger partial charge on any atom is 0.223 e. The lowest BCUT2D eigenvalue weighted by atomic mass is 9.51. The lowest BCUT2D eigenvalue weighted by Crippen LogP contribution is -2.68. The van der Waals surface area contributed by atoms with Crippen molar-refractivity contribution in [3.05, 3.63) is 35.9 Å². The number of amides is 1. The van der Waals surface area contributed by atoms with E-state index in [1.807, 2.05) is 11.0 Å². The molecule has 32 heavy (non-hydrogen) atoms. The normalized spacial score (nSPS) is 26.3. The number of rotatable bonds is 9. The van der Waals surface area contributed by atoms with Gasteiger partial charge in [-0.3, -0.25) is 9.79 Å². The van der Waals surface area contributed by atoms with Crippen LogP contribution in [0, 0.1) is 11.3 Å². The Morgan fingerprint density at radius 1 is 1.25 bits per heavy atom. The van der Waals surface area contributed by atoms with Crippen molar-refractivity contribution < 1.29 is 9.53 Å². The fraction of sp³-hybridized carbons (Fsp3) is 0.680. The van der Waals surface area contributed by atoms with Crippen molar-refractivity contribution in [3.8, 4) is 0 Å². The van der Waals surface area contributed by atoms with E-state index in [-0.39, 0.29) is 29.9 Å². The third-order valence-electron chi connectivity index (χ3n) is 7.41. The molecular weight excluding hydrogens is 515 g/mol. The number of hydrogen-bond acceptors (Lipinski definition) is 3. The van der Waals surface area contributed by atoms with Gasteiger partial charge in [0, 0.05) is 56.6 Å². The molecule has 3 aliphatic rings. The number of benzene rings is 1. The second-order valence-corrected chi connectivity index (χ2v) is 9.33.